The lowest BCUT2D eigenvalue weighted by atomic mass is 10.1. The average molecular weight is 281 g/mol. The maximum absolute atomic E-state index is 11.9. The topological polar surface area (TPSA) is 26.3 Å². The summed E-state index contributed by atoms with van der Waals surface area (Å²) in [4.78, 5) is 11.9. The molecule has 16 heavy (non-hydrogen) atoms. The zero-order valence-electron chi connectivity index (χ0n) is 9.34. The Bertz CT molecular complexity index is 441. The molecule has 0 heterocycles. The highest BCUT2D eigenvalue weighted by Crippen LogP contribution is 2.23. The van der Waals surface area contributed by atoms with E-state index in [9.17, 15) is 4.79 Å². The monoisotopic (exact) mass is 280 g/mol. The Hall–Kier alpha value is -1.27. The van der Waals surface area contributed by atoms with Crippen molar-refractivity contribution in [1.82, 2.24) is 0 Å². The molecular weight excluding hydrogens is 268 g/mol. The Morgan fingerprint density at radius 1 is 1.50 bits per heavy atom. The van der Waals surface area contributed by atoms with Gasteiger partial charge in [0.05, 0.1) is 7.11 Å². The molecule has 0 aromatic heterocycles. The first-order chi connectivity index (χ1) is 7.69. The molecule has 0 amide bonds. The van der Waals surface area contributed by atoms with Crippen LogP contribution >= 0.6 is 15.9 Å². The van der Waals surface area contributed by atoms with Crippen molar-refractivity contribution in [3.05, 3.63) is 28.2 Å². The fourth-order valence-corrected chi connectivity index (χ4v) is 1.75. The molecular formula is C13H13BrO2. The average Bonchev–Trinajstić information content (AvgIpc) is 2.30. The van der Waals surface area contributed by atoms with E-state index in [4.69, 9.17) is 4.74 Å². The zero-order valence-corrected chi connectivity index (χ0v) is 10.9. The SMILES string of the molecule is CC#CCCC(=O)c1cc(OC)ccc1Br. The van der Waals surface area contributed by atoms with Crippen molar-refractivity contribution in [3.63, 3.8) is 0 Å². The first-order valence-electron chi connectivity index (χ1n) is 4.95. The number of hydrogen-bond acceptors (Lipinski definition) is 2. The second-order valence-electron chi connectivity index (χ2n) is 3.20. The normalized spacial score (nSPS) is 9.19. The summed E-state index contributed by atoms with van der Waals surface area (Å²) >= 11 is 3.36. The van der Waals surface area contributed by atoms with Gasteiger partial charge in [-0.25, -0.2) is 0 Å². The molecule has 0 unspecified atom stereocenters. The summed E-state index contributed by atoms with van der Waals surface area (Å²) in [6.07, 6.45) is 1.03. The molecule has 0 bridgehead atoms. The highest BCUT2D eigenvalue weighted by Gasteiger charge is 2.10. The van der Waals surface area contributed by atoms with Crippen LogP contribution in [0.3, 0.4) is 0 Å². The molecule has 3 heteroatoms. The highest BCUT2D eigenvalue weighted by atomic mass is 79.9. The van der Waals surface area contributed by atoms with Crippen molar-refractivity contribution in [1.29, 1.82) is 0 Å². The number of carbonyl (C=O) groups excluding carboxylic acids is 1. The Kier molecular flexibility index (Phi) is 5.07. The van der Waals surface area contributed by atoms with Crippen LogP contribution in [0.2, 0.25) is 0 Å². The van der Waals surface area contributed by atoms with Gasteiger partial charge in [-0.1, -0.05) is 15.9 Å². The number of ketones is 1. The number of rotatable bonds is 4. The van der Waals surface area contributed by atoms with E-state index in [2.05, 4.69) is 27.8 Å². The summed E-state index contributed by atoms with van der Waals surface area (Å²) in [5.74, 6) is 6.42. The summed E-state index contributed by atoms with van der Waals surface area (Å²) in [5.41, 5.74) is 0.650. The molecule has 0 saturated carbocycles. The van der Waals surface area contributed by atoms with Crippen molar-refractivity contribution in [2.24, 2.45) is 0 Å². The van der Waals surface area contributed by atoms with Crippen LogP contribution in [0.5, 0.6) is 5.75 Å². The third kappa shape index (κ3) is 3.39. The Morgan fingerprint density at radius 2 is 2.25 bits per heavy atom. The first kappa shape index (κ1) is 12.8. The van der Waals surface area contributed by atoms with Gasteiger partial charge in [-0.05, 0) is 25.1 Å². The quantitative estimate of drug-likeness (QED) is 0.624. The molecule has 0 N–H and O–H groups in total. The summed E-state index contributed by atoms with van der Waals surface area (Å²) in [6.45, 7) is 1.77. The summed E-state index contributed by atoms with van der Waals surface area (Å²) in [5, 5.41) is 0. The molecule has 84 valence electrons. The Morgan fingerprint density at radius 3 is 2.88 bits per heavy atom. The van der Waals surface area contributed by atoms with Crippen LogP contribution in [0.25, 0.3) is 0 Å². The van der Waals surface area contributed by atoms with Gasteiger partial charge in [0.15, 0.2) is 5.78 Å². The number of methoxy groups -OCH3 is 1. The largest absolute Gasteiger partial charge is 0.497 e. The molecule has 1 rings (SSSR count). The van der Waals surface area contributed by atoms with Gasteiger partial charge in [0, 0.05) is 22.9 Å². The predicted molar refractivity (Wildman–Crippen MR) is 67.7 cm³/mol. The van der Waals surface area contributed by atoms with Crippen molar-refractivity contribution in [3.8, 4) is 17.6 Å². The number of ether oxygens (including phenoxy) is 1. The van der Waals surface area contributed by atoms with E-state index in [-0.39, 0.29) is 5.78 Å². The van der Waals surface area contributed by atoms with E-state index in [1.54, 1.807) is 20.1 Å². The minimum atomic E-state index is 0.0773. The van der Waals surface area contributed by atoms with Crippen LogP contribution in [-0.2, 0) is 0 Å². The third-order valence-electron chi connectivity index (χ3n) is 2.13. The van der Waals surface area contributed by atoms with Gasteiger partial charge in [0.1, 0.15) is 5.75 Å². The van der Waals surface area contributed by atoms with Crippen LogP contribution in [0, 0.1) is 11.8 Å². The lowest BCUT2D eigenvalue weighted by molar-refractivity contribution is 0.0983. The van der Waals surface area contributed by atoms with Crippen molar-refractivity contribution in [2.45, 2.75) is 19.8 Å². The van der Waals surface area contributed by atoms with Gasteiger partial charge >= 0.3 is 0 Å². The molecule has 0 aliphatic heterocycles. The molecule has 0 aliphatic carbocycles. The highest BCUT2D eigenvalue weighted by molar-refractivity contribution is 9.10. The lowest BCUT2D eigenvalue weighted by Crippen LogP contribution is -2.00. The molecule has 1 aromatic carbocycles. The minimum Gasteiger partial charge on any atom is -0.497 e. The molecule has 0 atom stereocenters. The van der Waals surface area contributed by atoms with Gasteiger partial charge in [0.25, 0.3) is 0 Å². The molecule has 0 radical (unpaired) electrons. The Balaban J connectivity index is 2.83. The predicted octanol–water partition coefficient (Wildman–Crippen LogP) is 3.44. The molecule has 0 fully saturated rings. The molecule has 1 aromatic rings. The van der Waals surface area contributed by atoms with Crippen LogP contribution in [0.15, 0.2) is 22.7 Å². The molecule has 0 saturated heterocycles. The fraction of sp³-hybridized carbons (Fsp3) is 0.308. The third-order valence-corrected chi connectivity index (χ3v) is 2.82. The van der Waals surface area contributed by atoms with E-state index >= 15 is 0 Å². The van der Waals surface area contributed by atoms with E-state index in [1.165, 1.54) is 0 Å². The molecule has 0 spiro atoms. The summed E-state index contributed by atoms with van der Waals surface area (Å²) < 4.78 is 5.88. The van der Waals surface area contributed by atoms with Crippen molar-refractivity contribution < 1.29 is 9.53 Å². The van der Waals surface area contributed by atoms with Gasteiger partial charge in [0.2, 0.25) is 0 Å². The first-order valence-corrected chi connectivity index (χ1v) is 5.74. The van der Waals surface area contributed by atoms with Crippen molar-refractivity contribution >= 4 is 21.7 Å². The minimum absolute atomic E-state index is 0.0773. The second kappa shape index (κ2) is 6.34. The van der Waals surface area contributed by atoms with Crippen LogP contribution in [0.4, 0.5) is 0 Å². The standard InChI is InChI=1S/C13H13BrO2/c1-3-4-5-6-13(15)11-9-10(16-2)7-8-12(11)14/h7-9H,5-6H2,1-2H3. The van der Waals surface area contributed by atoms with E-state index in [0.717, 1.165) is 4.47 Å². The summed E-state index contributed by atoms with van der Waals surface area (Å²) in [6, 6.07) is 5.37. The maximum atomic E-state index is 11.9. The number of carbonyl (C=O) groups is 1. The Labute approximate surface area is 104 Å². The summed E-state index contributed by atoms with van der Waals surface area (Å²) in [7, 11) is 1.58. The number of benzene rings is 1. The van der Waals surface area contributed by atoms with E-state index < -0.39 is 0 Å². The van der Waals surface area contributed by atoms with Crippen LogP contribution in [0.1, 0.15) is 30.1 Å². The van der Waals surface area contributed by atoms with Crippen molar-refractivity contribution in [2.75, 3.05) is 7.11 Å². The van der Waals surface area contributed by atoms with Crippen LogP contribution < -0.4 is 4.74 Å². The fourth-order valence-electron chi connectivity index (χ4n) is 1.28. The molecule has 2 nitrogen and oxygen atoms in total. The van der Waals surface area contributed by atoms with Gasteiger partial charge in [-0.3, -0.25) is 4.79 Å². The number of hydrogen-bond donors (Lipinski definition) is 0. The van der Waals surface area contributed by atoms with Crippen LogP contribution in [-0.4, -0.2) is 12.9 Å². The number of halogens is 1. The van der Waals surface area contributed by atoms with Gasteiger partial charge in [-0.2, -0.15) is 0 Å². The lowest BCUT2D eigenvalue weighted by Gasteiger charge is -2.05. The number of Topliss-reactive ketones (excluding diaryl/α,β-unsaturated/α-hetero) is 1. The van der Waals surface area contributed by atoms with Gasteiger partial charge in [-0.15, -0.1) is 11.8 Å². The zero-order chi connectivity index (χ0) is 12.0. The van der Waals surface area contributed by atoms with Gasteiger partial charge < -0.3 is 4.74 Å². The van der Waals surface area contributed by atoms with E-state index in [0.29, 0.717) is 24.2 Å². The smallest absolute Gasteiger partial charge is 0.165 e. The second-order valence-corrected chi connectivity index (χ2v) is 4.05. The van der Waals surface area contributed by atoms with E-state index in [1.807, 2.05) is 12.1 Å². The molecule has 0 aliphatic rings. The maximum Gasteiger partial charge on any atom is 0.165 e.